The summed E-state index contributed by atoms with van der Waals surface area (Å²) in [7, 11) is 2.92. The number of halogens is 4. The van der Waals surface area contributed by atoms with Crippen LogP contribution in [0.15, 0.2) is 29.3 Å². The summed E-state index contributed by atoms with van der Waals surface area (Å²) in [5.41, 5.74) is -0.767. The van der Waals surface area contributed by atoms with E-state index in [-0.39, 0.29) is 22.1 Å². The molecule has 1 amide bonds. The van der Waals surface area contributed by atoms with Crippen molar-refractivity contribution >= 4 is 23.5 Å². The summed E-state index contributed by atoms with van der Waals surface area (Å²) in [6.45, 7) is 0. The van der Waals surface area contributed by atoms with Crippen molar-refractivity contribution in [3.05, 3.63) is 35.4 Å². The fourth-order valence-electron chi connectivity index (χ4n) is 2.65. The fourth-order valence-corrected chi connectivity index (χ4v) is 3.20. The van der Waals surface area contributed by atoms with Gasteiger partial charge in [-0.15, -0.1) is 11.8 Å². The Hall–Kier alpha value is -2.23. The Morgan fingerprint density at radius 3 is 2.52 bits per heavy atom. The molecule has 25 heavy (non-hydrogen) atoms. The maximum atomic E-state index is 15.1. The zero-order chi connectivity index (χ0) is 18.6. The predicted molar refractivity (Wildman–Crippen MR) is 85.8 cm³/mol. The summed E-state index contributed by atoms with van der Waals surface area (Å²) in [6.07, 6.45) is -3.59. The molecule has 1 N–H and O–H groups in total. The number of hydrogen-bond donors (Lipinski definition) is 1. The second-order valence-corrected chi connectivity index (χ2v) is 6.44. The zero-order valence-corrected chi connectivity index (χ0v) is 14.3. The topological polar surface area (TPSA) is 50.2 Å². The molecule has 0 spiro atoms. The molecule has 2 aromatic rings. The van der Waals surface area contributed by atoms with Gasteiger partial charge in [-0.1, -0.05) is 18.2 Å². The van der Waals surface area contributed by atoms with E-state index in [9.17, 15) is 18.0 Å². The molecule has 134 valence electrons. The first-order valence-electron chi connectivity index (χ1n) is 7.14. The molecule has 3 rings (SSSR count). The number of alkyl halides is 4. The third-order valence-corrected chi connectivity index (χ3v) is 4.52. The molecule has 2 heterocycles. The fraction of sp³-hybridized carbons (Fsp3) is 0.333. The number of anilines is 1. The van der Waals surface area contributed by atoms with E-state index in [1.54, 1.807) is 6.26 Å². The summed E-state index contributed by atoms with van der Waals surface area (Å²) < 4.78 is 56.8. The Balaban J connectivity index is 2.34. The zero-order valence-electron chi connectivity index (χ0n) is 13.5. The van der Waals surface area contributed by atoms with Crippen LogP contribution in [0.3, 0.4) is 0 Å². The molecular formula is C15H14F4N4OS. The Bertz CT molecular complexity index is 849. The number of carbonyl (C=O) groups excluding carboxylic acids is 1. The van der Waals surface area contributed by atoms with Gasteiger partial charge in [0.1, 0.15) is 16.4 Å². The van der Waals surface area contributed by atoms with Crippen LogP contribution in [0.1, 0.15) is 15.9 Å². The quantitative estimate of drug-likeness (QED) is 0.497. The molecule has 1 aromatic carbocycles. The number of carbonyl (C=O) groups is 1. The Morgan fingerprint density at radius 2 is 1.96 bits per heavy atom. The van der Waals surface area contributed by atoms with Crippen LogP contribution >= 0.6 is 11.8 Å². The number of rotatable bonds is 2. The van der Waals surface area contributed by atoms with Crippen LogP contribution in [0.25, 0.3) is 5.69 Å². The maximum Gasteiger partial charge on any atom is 0.446 e. The number of nitrogens with one attached hydrogen (secondary N) is 1. The van der Waals surface area contributed by atoms with Gasteiger partial charge in [0, 0.05) is 19.7 Å². The van der Waals surface area contributed by atoms with Crippen molar-refractivity contribution in [2.45, 2.75) is 17.0 Å². The van der Waals surface area contributed by atoms with Crippen molar-refractivity contribution in [2.24, 2.45) is 0 Å². The van der Waals surface area contributed by atoms with Gasteiger partial charge >= 0.3 is 12.0 Å². The van der Waals surface area contributed by atoms with E-state index in [0.29, 0.717) is 0 Å². The highest BCUT2D eigenvalue weighted by Crippen LogP contribution is 2.49. The van der Waals surface area contributed by atoms with Gasteiger partial charge in [0.25, 0.3) is 5.91 Å². The number of amides is 1. The van der Waals surface area contributed by atoms with Crippen molar-refractivity contribution in [1.29, 1.82) is 0 Å². The van der Waals surface area contributed by atoms with Gasteiger partial charge in [-0.05, 0) is 12.3 Å². The van der Waals surface area contributed by atoms with Gasteiger partial charge in [-0.3, -0.25) is 4.79 Å². The predicted octanol–water partition coefficient (Wildman–Crippen LogP) is 3.41. The highest BCUT2D eigenvalue weighted by molar-refractivity contribution is 7.98. The van der Waals surface area contributed by atoms with E-state index in [0.717, 1.165) is 22.5 Å². The minimum absolute atomic E-state index is 0.0656. The van der Waals surface area contributed by atoms with Gasteiger partial charge in [0.05, 0.1) is 5.69 Å². The molecule has 0 saturated carbocycles. The summed E-state index contributed by atoms with van der Waals surface area (Å²) in [5, 5.41) is 6.28. The molecule has 1 aromatic heterocycles. The van der Waals surface area contributed by atoms with Gasteiger partial charge in [-0.25, -0.2) is 9.07 Å². The van der Waals surface area contributed by atoms with Crippen molar-refractivity contribution in [3.63, 3.8) is 0 Å². The number of nitrogens with zero attached hydrogens (tertiary/aromatic N) is 3. The highest BCUT2D eigenvalue weighted by Gasteiger charge is 2.61. The lowest BCUT2D eigenvalue weighted by Gasteiger charge is -2.35. The maximum absolute atomic E-state index is 15.1. The number of hydrogen-bond acceptors (Lipinski definition) is 4. The summed E-state index contributed by atoms with van der Waals surface area (Å²) in [5.74, 6) is -4.71. The molecular weight excluding hydrogens is 360 g/mol. The van der Waals surface area contributed by atoms with Crippen LogP contribution in [0.4, 0.5) is 23.4 Å². The van der Waals surface area contributed by atoms with Crippen molar-refractivity contribution in [1.82, 2.24) is 14.7 Å². The van der Waals surface area contributed by atoms with E-state index >= 15 is 4.39 Å². The van der Waals surface area contributed by atoms with Crippen LogP contribution < -0.4 is 5.32 Å². The largest absolute Gasteiger partial charge is 0.446 e. The SMILES string of the molecule is CSc1nn2c(c1C(=O)N(C)C)NC(F)(C(F)(F)F)c1ccccc1-2. The monoisotopic (exact) mass is 374 g/mol. The first kappa shape index (κ1) is 17.6. The first-order valence-corrected chi connectivity index (χ1v) is 8.36. The smallest absolute Gasteiger partial charge is 0.345 e. The Labute approximate surface area is 145 Å². The summed E-state index contributed by atoms with van der Waals surface area (Å²) >= 11 is 1.09. The number of benzene rings is 1. The molecule has 0 fully saturated rings. The van der Waals surface area contributed by atoms with Gasteiger partial charge < -0.3 is 10.2 Å². The number of fused-ring (bicyclic) bond motifs is 3. The molecule has 0 radical (unpaired) electrons. The Kier molecular flexibility index (Phi) is 3.98. The number of para-hydroxylation sites is 1. The van der Waals surface area contributed by atoms with Gasteiger partial charge in [0.15, 0.2) is 0 Å². The number of thioether (sulfide) groups is 1. The minimum Gasteiger partial charge on any atom is -0.345 e. The summed E-state index contributed by atoms with van der Waals surface area (Å²) in [4.78, 5) is 13.6. The van der Waals surface area contributed by atoms with E-state index < -0.39 is 23.4 Å². The van der Waals surface area contributed by atoms with Crippen LogP contribution in [0.2, 0.25) is 0 Å². The van der Waals surface area contributed by atoms with Gasteiger partial charge in [0.2, 0.25) is 0 Å². The van der Waals surface area contributed by atoms with Crippen LogP contribution in [-0.2, 0) is 5.79 Å². The third kappa shape index (κ3) is 2.46. The molecule has 0 bridgehead atoms. The average molecular weight is 374 g/mol. The Morgan fingerprint density at radius 1 is 1.32 bits per heavy atom. The van der Waals surface area contributed by atoms with E-state index in [4.69, 9.17) is 0 Å². The lowest BCUT2D eigenvalue weighted by Crippen LogP contribution is -2.48. The molecule has 1 atom stereocenters. The van der Waals surface area contributed by atoms with E-state index in [1.807, 2.05) is 5.32 Å². The molecule has 10 heteroatoms. The highest BCUT2D eigenvalue weighted by atomic mass is 32.2. The molecule has 1 aliphatic heterocycles. The lowest BCUT2D eigenvalue weighted by atomic mass is 9.99. The third-order valence-electron chi connectivity index (χ3n) is 3.85. The van der Waals surface area contributed by atoms with Crippen LogP contribution in [0.5, 0.6) is 0 Å². The normalized spacial score (nSPS) is 19.0. The molecule has 1 aliphatic rings. The van der Waals surface area contributed by atoms with Crippen molar-refractivity contribution in [3.8, 4) is 5.69 Å². The summed E-state index contributed by atoms with van der Waals surface area (Å²) in [6, 6.07) is 5.18. The van der Waals surface area contributed by atoms with Crippen LogP contribution in [-0.4, -0.2) is 47.1 Å². The first-order chi connectivity index (χ1) is 11.6. The molecule has 5 nitrogen and oxygen atoms in total. The van der Waals surface area contributed by atoms with Crippen LogP contribution in [0, 0.1) is 0 Å². The lowest BCUT2D eigenvalue weighted by molar-refractivity contribution is -0.225. The van der Waals surface area contributed by atoms with E-state index in [2.05, 4.69) is 5.10 Å². The number of aromatic nitrogens is 2. The minimum atomic E-state index is -5.23. The molecule has 0 saturated heterocycles. The molecule has 1 unspecified atom stereocenters. The van der Waals surface area contributed by atoms with Crippen molar-refractivity contribution in [2.75, 3.05) is 25.7 Å². The standard InChI is InChI=1S/C15H14F4N4OS/c1-22(2)13(24)10-11-20-14(16,15(17,18)19)8-6-4-5-7-9(8)23(11)21-12(10)25-3/h4-7,20H,1-3H3. The van der Waals surface area contributed by atoms with Crippen molar-refractivity contribution < 1.29 is 22.4 Å². The van der Waals surface area contributed by atoms with E-state index in [1.165, 1.54) is 37.2 Å². The average Bonchev–Trinajstić information content (AvgIpc) is 2.91. The second kappa shape index (κ2) is 5.65. The second-order valence-electron chi connectivity index (χ2n) is 5.64. The van der Waals surface area contributed by atoms with Gasteiger partial charge in [-0.2, -0.15) is 18.3 Å². The molecule has 0 aliphatic carbocycles.